The number of aryl methyl sites for hydroxylation is 1. The van der Waals surface area contributed by atoms with E-state index in [2.05, 4.69) is 36.2 Å². The number of rotatable bonds is 2. The van der Waals surface area contributed by atoms with Crippen LogP contribution in [0.25, 0.3) is 5.82 Å². The van der Waals surface area contributed by atoms with E-state index >= 15 is 0 Å². The lowest BCUT2D eigenvalue weighted by atomic mass is 10.4. The van der Waals surface area contributed by atoms with Crippen molar-refractivity contribution in [3.63, 3.8) is 0 Å². The van der Waals surface area contributed by atoms with Gasteiger partial charge in [0.05, 0.1) is 0 Å². The third kappa shape index (κ3) is 2.50. The van der Waals surface area contributed by atoms with Gasteiger partial charge >= 0.3 is 6.18 Å². The largest absolute Gasteiger partial charge is 0.453 e. The fourth-order valence-electron chi connectivity index (χ4n) is 1.30. The molecule has 0 aliphatic rings. The average Bonchev–Trinajstić information content (AvgIpc) is 2.73. The second-order valence-corrected chi connectivity index (χ2v) is 4.14. The van der Waals surface area contributed by atoms with E-state index in [4.69, 9.17) is 0 Å². The molecule has 2 heterocycles. The van der Waals surface area contributed by atoms with E-state index in [1.54, 1.807) is 13.0 Å². The minimum atomic E-state index is -4.57. The summed E-state index contributed by atoms with van der Waals surface area (Å²) in [5.74, 6) is -0.805. The Hall–Kier alpha value is -1.51. The number of alkyl halides is 3. The van der Waals surface area contributed by atoms with E-state index in [-0.39, 0.29) is 11.6 Å². The molecule has 18 heavy (non-hydrogen) atoms. The van der Waals surface area contributed by atoms with Crippen molar-refractivity contribution in [1.82, 2.24) is 25.0 Å². The molecule has 0 aliphatic carbocycles. The van der Waals surface area contributed by atoms with Crippen LogP contribution >= 0.6 is 15.9 Å². The van der Waals surface area contributed by atoms with Gasteiger partial charge in [-0.05, 0) is 28.1 Å². The minimum Gasteiger partial charge on any atom is -0.208 e. The summed E-state index contributed by atoms with van der Waals surface area (Å²) in [6, 6.07) is 3.07. The second kappa shape index (κ2) is 4.63. The first-order valence-corrected chi connectivity index (χ1v) is 5.74. The first kappa shape index (κ1) is 12.9. The van der Waals surface area contributed by atoms with Crippen LogP contribution in [0.2, 0.25) is 0 Å². The fourth-order valence-corrected chi connectivity index (χ4v) is 1.51. The molecule has 0 aromatic carbocycles. The van der Waals surface area contributed by atoms with Crippen molar-refractivity contribution in [3.05, 3.63) is 28.4 Å². The molecule has 0 bridgehead atoms. The molecule has 0 spiro atoms. The van der Waals surface area contributed by atoms with Crippen molar-refractivity contribution in [2.45, 2.75) is 19.5 Å². The highest BCUT2D eigenvalue weighted by atomic mass is 79.9. The predicted octanol–water partition coefficient (Wildman–Crippen LogP) is 2.40. The van der Waals surface area contributed by atoms with E-state index in [1.807, 2.05) is 0 Å². The summed E-state index contributed by atoms with van der Waals surface area (Å²) in [5, 5.41) is 10.9. The van der Waals surface area contributed by atoms with Gasteiger partial charge in [0, 0.05) is 6.42 Å². The van der Waals surface area contributed by atoms with Crippen LogP contribution in [0.1, 0.15) is 18.6 Å². The number of hydrogen-bond acceptors (Lipinski definition) is 4. The number of nitrogens with zero attached hydrogens (tertiary/aromatic N) is 5. The summed E-state index contributed by atoms with van der Waals surface area (Å²) in [7, 11) is 0. The van der Waals surface area contributed by atoms with Gasteiger partial charge < -0.3 is 0 Å². The molecule has 5 nitrogen and oxygen atoms in total. The Bertz CT molecular complexity index is 548. The van der Waals surface area contributed by atoms with Crippen LogP contribution in [-0.4, -0.2) is 25.0 Å². The number of hydrogen-bond donors (Lipinski definition) is 0. The molecule has 9 heteroatoms. The van der Waals surface area contributed by atoms with Crippen molar-refractivity contribution in [1.29, 1.82) is 0 Å². The molecule has 0 radical (unpaired) electrons. The lowest BCUT2D eigenvalue weighted by Crippen LogP contribution is -2.09. The SMILES string of the molecule is CCc1nc(C(F)(F)F)nn1-c1ccc(Br)nn1. The van der Waals surface area contributed by atoms with Crippen LogP contribution < -0.4 is 0 Å². The molecule has 0 atom stereocenters. The highest BCUT2D eigenvalue weighted by molar-refractivity contribution is 9.10. The molecule has 0 amide bonds. The van der Waals surface area contributed by atoms with Crippen molar-refractivity contribution in [3.8, 4) is 5.82 Å². The molecule has 0 saturated carbocycles. The van der Waals surface area contributed by atoms with Crippen LogP contribution in [0.4, 0.5) is 13.2 Å². The van der Waals surface area contributed by atoms with Crippen LogP contribution in [0, 0.1) is 0 Å². The third-order valence-electron chi connectivity index (χ3n) is 2.08. The zero-order chi connectivity index (χ0) is 13.3. The van der Waals surface area contributed by atoms with Crippen LogP contribution in [0.15, 0.2) is 16.7 Å². The highest BCUT2D eigenvalue weighted by Crippen LogP contribution is 2.27. The van der Waals surface area contributed by atoms with Crippen molar-refractivity contribution < 1.29 is 13.2 Å². The van der Waals surface area contributed by atoms with Gasteiger partial charge in [0.15, 0.2) is 5.82 Å². The molecular weight excluding hydrogens is 315 g/mol. The molecule has 2 aromatic rings. The molecular formula is C9H7BrF3N5. The minimum absolute atomic E-state index is 0.180. The molecule has 2 aromatic heterocycles. The van der Waals surface area contributed by atoms with E-state index in [1.165, 1.54) is 6.07 Å². The normalized spacial score (nSPS) is 11.8. The van der Waals surface area contributed by atoms with Crippen molar-refractivity contribution in [2.24, 2.45) is 0 Å². The summed E-state index contributed by atoms with van der Waals surface area (Å²) in [6.45, 7) is 1.69. The molecule has 0 unspecified atom stereocenters. The molecule has 0 saturated heterocycles. The van der Waals surface area contributed by atoms with Crippen molar-refractivity contribution >= 4 is 15.9 Å². The zero-order valence-electron chi connectivity index (χ0n) is 9.11. The maximum Gasteiger partial charge on any atom is 0.453 e. The zero-order valence-corrected chi connectivity index (χ0v) is 10.7. The monoisotopic (exact) mass is 321 g/mol. The van der Waals surface area contributed by atoms with E-state index in [0.29, 0.717) is 11.0 Å². The van der Waals surface area contributed by atoms with E-state index in [0.717, 1.165) is 4.68 Å². The van der Waals surface area contributed by atoms with E-state index in [9.17, 15) is 13.2 Å². The summed E-state index contributed by atoms with van der Waals surface area (Å²) in [4.78, 5) is 3.45. The molecule has 0 N–H and O–H groups in total. The smallest absolute Gasteiger partial charge is 0.208 e. The quantitative estimate of drug-likeness (QED) is 0.852. The molecule has 0 fully saturated rings. The topological polar surface area (TPSA) is 56.5 Å². The standard InChI is InChI=1S/C9H7BrF3N5/c1-2-6-14-8(9(11,12)13)17-18(6)7-4-3-5(10)15-16-7/h3-4H,2H2,1H3. The van der Waals surface area contributed by atoms with Gasteiger partial charge in [0.25, 0.3) is 5.82 Å². The van der Waals surface area contributed by atoms with Crippen LogP contribution in [0.3, 0.4) is 0 Å². The van der Waals surface area contributed by atoms with Gasteiger partial charge in [0.2, 0.25) is 0 Å². The Labute approximate surface area is 108 Å². The molecule has 96 valence electrons. The lowest BCUT2D eigenvalue weighted by Gasteiger charge is -2.01. The molecule has 0 aliphatic heterocycles. The summed E-state index contributed by atoms with van der Waals surface area (Å²) in [5.41, 5.74) is 0. The van der Waals surface area contributed by atoms with Crippen LogP contribution in [-0.2, 0) is 12.6 Å². The summed E-state index contributed by atoms with van der Waals surface area (Å²) < 4.78 is 39.1. The van der Waals surface area contributed by atoms with Gasteiger partial charge in [0.1, 0.15) is 10.4 Å². The van der Waals surface area contributed by atoms with Crippen LogP contribution in [0.5, 0.6) is 0 Å². The number of halogens is 4. The van der Waals surface area contributed by atoms with E-state index < -0.39 is 12.0 Å². The maximum absolute atomic E-state index is 12.5. The first-order chi connectivity index (χ1) is 8.41. The highest BCUT2D eigenvalue weighted by Gasteiger charge is 2.37. The fraction of sp³-hybridized carbons (Fsp3) is 0.333. The number of aromatic nitrogens is 5. The Morgan fingerprint density at radius 3 is 2.50 bits per heavy atom. The third-order valence-corrected chi connectivity index (χ3v) is 2.50. The first-order valence-electron chi connectivity index (χ1n) is 4.94. The second-order valence-electron chi connectivity index (χ2n) is 3.33. The Morgan fingerprint density at radius 1 is 1.28 bits per heavy atom. The average molecular weight is 322 g/mol. The predicted molar refractivity (Wildman–Crippen MR) is 59.0 cm³/mol. The lowest BCUT2D eigenvalue weighted by molar-refractivity contribution is -0.144. The van der Waals surface area contributed by atoms with Crippen molar-refractivity contribution in [2.75, 3.05) is 0 Å². The maximum atomic E-state index is 12.5. The summed E-state index contributed by atoms with van der Waals surface area (Å²) in [6.07, 6.45) is -4.27. The Kier molecular flexibility index (Phi) is 3.33. The van der Waals surface area contributed by atoms with Gasteiger partial charge in [-0.15, -0.1) is 15.3 Å². The Balaban J connectivity index is 2.50. The molecule has 2 rings (SSSR count). The van der Waals surface area contributed by atoms with Gasteiger partial charge in [-0.1, -0.05) is 6.92 Å². The Morgan fingerprint density at radius 2 is 2.00 bits per heavy atom. The van der Waals surface area contributed by atoms with Gasteiger partial charge in [-0.2, -0.15) is 17.9 Å². The van der Waals surface area contributed by atoms with Gasteiger partial charge in [-0.3, -0.25) is 0 Å². The summed E-state index contributed by atoms with van der Waals surface area (Å²) >= 11 is 3.09. The van der Waals surface area contributed by atoms with Gasteiger partial charge in [-0.25, -0.2) is 4.98 Å².